The van der Waals surface area contributed by atoms with E-state index in [1.807, 2.05) is 0 Å². The summed E-state index contributed by atoms with van der Waals surface area (Å²) >= 11 is 0. The van der Waals surface area contributed by atoms with Crippen LogP contribution in [-0.4, -0.2) is 0 Å². The topological polar surface area (TPSA) is 0 Å². The van der Waals surface area contributed by atoms with Crippen LogP contribution in [0, 0.1) is 11.3 Å². The summed E-state index contributed by atoms with van der Waals surface area (Å²) in [5, 5.41) is 0. The summed E-state index contributed by atoms with van der Waals surface area (Å²) in [5.41, 5.74) is 0.709. The molecular formula is C12H24. The third-order valence-corrected chi connectivity index (χ3v) is 3.74. The Balaban J connectivity index is 2.33. The largest absolute Gasteiger partial charge is 0.0654 e. The predicted octanol–water partition coefficient (Wildman–Crippen LogP) is 4.39. The lowest BCUT2D eigenvalue weighted by Crippen LogP contribution is -2.23. The fourth-order valence-corrected chi connectivity index (χ4v) is 2.64. The molecule has 0 atom stereocenters. The van der Waals surface area contributed by atoms with Crippen molar-refractivity contribution >= 4 is 0 Å². The van der Waals surface area contributed by atoms with Crippen molar-refractivity contribution in [2.75, 3.05) is 0 Å². The Hall–Kier alpha value is 0. The SMILES string of the molecule is CCCC1(C)CCC(CC)CC1. The lowest BCUT2D eigenvalue weighted by Gasteiger charge is -2.37. The Morgan fingerprint density at radius 3 is 2.17 bits per heavy atom. The third-order valence-electron chi connectivity index (χ3n) is 3.74. The normalized spacial score (nSPS) is 36.8. The highest BCUT2D eigenvalue weighted by atomic mass is 14.3. The molecule has 0 aliphatic heterocycles. The van der Waals surface area contributed by atoms with E-state index in [-0.39, 0.29) is 0 Å². The monoisotopic (exact) mass is 168 g/mol. The third kappa shape index (κ3) is 2.50. The molecule has 0 amide bonds. The highest BCUT2D eigenvalue weighted by molar-refractivity contribution is 4.81. The summed E-state index contributed by atoms with van der Waals surface area (Å²) in [6.07, 6.45) is 10.2. The molecular weight excluding hydrogens is 144 g/mol. The van der Waals surface area contributed by atoms with E-state index in [0.29, 0.717) is 5.41 Å². The van der Waals surface area contributed by atoms with Crippen LogP contribution in [0.25, 0.3) is 0 Å². The van der Waals surface area contributed by atoms with E-state index < -0.39 is 0 Å². The molecule has 0 aromatic rings. The minimum atomic E-state index is 0.709. The maximum atomic E-state index is 2.49. The van der Waals surface area contributed by atoms with Gasteiger partial charge < -0.3 is 0 Å². The molecule has 1 rings (SSSR count). The van der Waals surface area contributed by atoms with E-state index in [9.17, 15) is 0 Å². The summed E-state index contributed by atoms with van der Waals surface area (Å²) in [4.78, 5) is 0. The Morgan fingerprint density at radius 2 is 1.75 bits per heavy atom. The number of rotatable bonds is 3. The van der Waals surface area contributed by atoms with Gasteiger partial charge in [0.1, 0.15) is 0 Å². The molecule has 0 bridgehead atoms. The molecule has 0 radical (unpaired) electrons. The second-order valence-corrected chi connectivity index (χ2v) is 4.91. The highest BCUT2D eigenvalue weighted by Crippen LogP contribution is 2.42. The van der Waals surface area contributed by atoms with Gasteiger partial charge in [0.2, 0.25) is 0 Å². The van der Waals surface area contributed by atoms with Gasteiger partial charge in [0.25, 0.3) is 0 Å². The second-order valence-electron chi connectivity index (χ2n) is 4.91. The van der Waals surface area contributed by atoms with Crippen LogP contribution in [-0.2, 0) is 0 Å². The average Bonchev–Trinajstić information content (AvgIpc) is 2.06. The van der Waals surface area contributed by atoms with Gasteiger partial charge in [-0.15, -0.1) is 0 Å². The molecule has 0 saturated heterocycles. The first kappa shape index (κ1) is 10.1. The smallest absolute Gasteiger partial charge is 0.0326 e. The molecule has 0 nitrogen and oxygen atoms in total. The lowest BCUT2D eigenvalue weighted by atomic mass is 9.69. The van der Waals surface area contributed by atoms with E-state index in [0.717, 1.165) is 5.92 Å². The van der Waals surface area contributed by atoms with Crippen LogP contribution in [0.4, 0.5) is 0 Å². The molecule has 0 heterocycles. The molecule has 1 aliphatic rings. The van der Waals surface area contributed by atoms with Crippen molar-refractivity contribution in [1.29, 1.82) is 0 Å². The van der Waals surface area contributed by atoms with Gasteiger partial charge in [0.05, 0.1) is 0 Å². The van der Waals surface area contributed by atoms with Gasteiger partial charge in [0.15, 0.2) is 0 Å². The molecule has 0 aromatic carbocycles. The summed E-state index contributed by atoms with van der Waals surface area (Å²) in [6.45, 7) is 7.15. The first-order chi connectivity index (χ1) is 5.70. The Kier molecular flexibility index (Phi) is 3.61. The van der Waals surface area contributed by atoms with Crippen molar-refractivity contribution in [3.05, 3.63) is 0 Å². The fourth-order valence-electron chi connectivity index (χ4n) is 2.64. The van der Waals surface area contributed by atoms with Crippen LogP contribution >= 0.6 is 0 Å². The summed E-state index contributed by atoms with van der Waals surface area (Å²) < 4.78 is 0. The molecule has 0 aromatic heterocycles. The summed E-state index contributed by atoms with van der Waals surface area (Å²) in [7, 11) is 0. The standard InChI is InChI=1S/C12H24/c1-4-8-12(3)9-6-11(5-2)7-10-12/h11H,4-10H2,1-3H3. The molecule has 1 fully saturated rings. The van der Waals surface area contributed by atoms with Crippen molar-refractivity contribution in [3.63, 3.8) is 0 Å². The Morgan fingerprint density at radius 1 is 1.17 bits per heavy atom. The zero-order valence-electron chi connectivity index (χ0n) is 9.03. The first-order valence-electron chi connectivity index (χ1n) is 5.70. The van der Waals surface area contributed by atoms with Gasteiger partial charge in [-0.1, -0.05) is 33.6 Å². The summed E-state index contributed by atoms with van der Waals surface area (Å²) in [5.74, 6) is 1.05. The molecule has 12 heavy (non-hydrogen) atoms. The van der Waals surface area contributed by atoms with Gasteiger partial charge >= 0.3 is 0 Å². The van der Waals surface area contributed by atoms with Gasteiger partial charge in [0, 0.05) is 0 Å². The quantitative estimate of drug-likeness (QED) is 0.586. The molecule has 0 heteroatoms. The zero-order valence-corrected chi connectivity index (χ0v) is 9.03. The molecule has 1 aliphatic carbocycles. The minimum Gasteiger partial charge on any atom is -0.0654 e. The van der Waals surface area contributed by atoms with Gasteiger partial charge in [-0.05, 0) is 43.4 Å². The molecule has 0 spiro atoms. The molecule has 0 unspecified atom stereocenters. The van der Waals surface area contributed by atoms with E-state index >= 15 is 0 Å². The van der Waals surface area contributed by atoms with E-state index in [1.165, 1.54) is 44.9 Å². The van der Waals surface area contributed by atoms with Crippen LogP contribution in [0.3, 0.4) is 0 Å². The van der Waals surface area contributed by atoms with Gasteiger partial charge in [-0.3, -0.25) is 0 Å². The maximum absolute atomic E-state index is 2.49. The summed E-state index contributed by atoms with van der Waals surface area (Å²) in [6, 6.07) is 0. The fraction of sp³-hybridized carbons (Fsp3) is 1.00. The van der Waals surface area contributed by atoms with Crippen molar-refractivity contribution in [2.24, 2.45) is 11.3 Å². The van der Waals surface area contributed by atoms with Crippen LogP contribution in [0.5, 0.6) is 0 Å². The Labute approximate surface area is 77.7 Å². The highest BCUT2D eigenvalue weighted by Gasteiger charge is 2.29. The Bertz CT molecular complexity index is 118. The zero-order chi connectivity index (χ0) is 9.03. The van der Waals surface area contributed by atoms with Crippen LogP contribution in [0.2, 0.25) is 0 Å². The van der Waals surface area contributed by atoms with E-state index in [4.69, 9.17) is 0 Å². The minimum absolute atomic E-state index is 0.709. The second kappa shape index (κ2) is 4.30. The van der Waals surface area contributed by atoms with E-state index in [2.05, 4.69) is 20.8 Å². The predicted molar refractivity (Wildman–Crippen MR) is 55.3 cm³/mol. The van der Waals surface area contributed by atoms with Crippen molar-refractivity contribution in [2.45, 2.75) is 65.7 Å². The van der Waals surface area contributed by atoms with Crippen LogP contribution < -0.4 is 0 Å². The average molecular weight is 168 g/mol. The molecule has 0 N–H and O–H groups in total. The van der Waals surface area contributed by atoms with Crippen molar-refractivity contribution < 1.29 is 0 Å². The number of hydrogen-bond donors (Lipinski definition) is 0. The van der Waals surface area contributed by atoms with Crippen LogP contribution in [0.1, 0.15) is 65.7 Å². The molecule has 72 valence electrons. The van der Waals surface area contributed by atoms with Crippen molar-refractivity contribution in [1.82, 2.24) is 0 Å². The van der Waals surface area contributed by atoms with Gasteiger partial charge in [-0.25, -0.2) is 0 Å². The number of hydrogen-bond acceptors (Lipinski definition) is 0. The van der Waals surface area contributed by atoms with E-state index in [1.54, 1.807) is 0 Å². The van der Waals surface area contributed by atoms with Gasteiger partial charge in [-0.2, -0.15) is 0 Å². The first-order valence-corrected chi connectivity index (χ1v) is 5.70. The van der Waals surface area contributed by atoms with Crippen molar-refractivity contribution in [3.8, 4) is 0 Å². The van der Waals surface area contributed by atoms with Crippen LogP contribution in [0.15, 0.2) is 0 Å². The molecule has 1 saturated carbocycles. The maximum Gasteiger partial charge on any atom is -0.0326 e. The lowest BCUT2D eigenvalue weighted by molar-refractivity contribution is 0.154.